The fraction of sp³-hybridized carbons (Fsp3) is 0.333. The maximum Gasteiger partial charge on any atom is 0.253 e. The summed E-state index contributed by atoms with van der Waals surface area (Å²) in [5, 5.41) is 3.39. The molecule has 0 aliphatic rings. The summed E-state index contributed by atoms with van der Waals surface area (Å²) >= 11 is 3.46. The fourth-order valence-corrected chi connectivity index (χ4v) is 3.02. The molecule has 0 spiro atoms. The highest BCUT2D eigenvalue weighted by Crippen LogP contribution is 2.12. The first kappa shape index (κ1) is 24.4. The Morgan fingerprint density at radius 2 is 1.75 bits per heavy atom. The molecular formula is C21H28BrIN4O. The van der Waals surface area contributed by atoms with Crippen LogP contribution in [0.3, 0.4) is 0 Å². The van der Waals surface area contributed by atoms with Crippen LogP contribution in [0, 0.1) is 0 Å². The van der Waals surface area contributed by atoms with Gasteiger partial charge in [-0.3, -0.25) is 9.79 Å². The minimum absolute atomic E-state index is 0. The molecule has 0 atom stereocenters. The topological polar surface area (TPSA) is 47.9 Å². The van der Waals surface area contributed by atoms with Gasteiger partial charge in [-0.15, -0.1) is 24.0 Å². The molecule has 2 aromatic carbocycles. The van der Waals surface area contributed by atoms with Gasteiger partial charge >= 0.3 is 0 Å². The van der Waals surface area contributed by atoms with Crippen molar-refractivity contribution in [3.63, 3.8) is 0 Å². The first-order valence-corrected chi connectivity index (χ1v) is 9.67. The molecule has 2 rings (SSSR count). The zero-order valence-corrected chi connectivity index (χ0v) is 20.7. The molecule has 2 aromatic rings. The van der Waals surface area contributed by atoms with Crippen molar-refractivity contribution in [1.82, 2.24) is 15.1 Å². The largest absolute Gasteiger partial charge is 0.356 e. The molecule has 0 radical (unpaired) electrons. The van der Waals surface area contributed by atoms with E-state index in [9.17, 15) is 4.79 Å². The van der Waals surface area contributed by atoms with Crippen molar-refractivity contribution in [2.24, 2.45) is 4.99 Å². The molecule has 28 heavy (non-hydrogen) atoms. The predicted octanol–water partition coefficient (Wildman–Crippen LogP) is 4.02. The van der Waals surface area contributed by atoms with Gasteiger partial charge < -0.3 is 15.1 Å². The van der Waals surface area contributed by atoms with E-state index in [0.717, 1.165) is 35.5 Å². The maximum atomic E-state index is 12.1. The highest BCUT2D eigenvalue weighted by Gasteiger charge is 2.09. The van der Waals surface area contributed by atoms with Crippen LogP contribution in [-0.4, -0.2) is 56.4 Å². The standard InChI is InChI=1S/C21H27BrN4O.HI/c1-23-21(26(4)15-17-8-10-19(22)11-9-17)24-13-12-16-6-5-7-18(14-16)20(27)25(2)3;/h5-11,14H,12-13,15H2,1-4H3,(H,23,24);1H. The summed E-state index contributed by atoms with van der Waals surface area (Å²) in [4.78, 5) is 20.1. The first-order valence-electron chi connectivity index (χ1n) is 8.87. The van der Waals surface area contributed by atoms with Gasteiger partial charge in [-0.05, 0) is 41.8 Å². The normalized spacial score (nSPS) is 10.8. The molecule has 0 saturated heterocycles. The number of aliphatic imine (C=N–C) groups is 1. The number of nitrogens with one attached hydrogen (secondary N) is 1. The van der Waals surface area contributed by atoms with E-state index in [-0.39, 0.29) is 29.9 Å². The van der Waals surface area contributed by atoms with Crippen molar-refractivity contribution >= 4 is 51.8 Å². The molecule has 0 aliphatic heterocycles. The van der Waals surface area contributed by atoms with E-state index < -0.39 is 0 Å². The Kier molecular flexibility index (Phi) is 10.5. The van der Waals surface area contributed by atoms with Crippen LogP contribution in [0.15, 0.2) is 58.0 Å². The van der Waals surface area contributed by atoms with Crippen molar-refractivity contribution in [3.05, 3.63) is 69.7 Å². The molecule has 152 valence electrons. The minimum atomic E-state index is 0. The van der Waals surface area contributed by atoms with Crippen LogP contribution in [0.1, 0.15) is 21.5 Å². The van der Waals surface area contributed by atoms with Gasteiger partial charge in [0.05, 0.1) is 0 Å². The summed E-state index contributed by atoms with van der Waals surface area (Å²) in [7, 11) is 7.34. The third-order valence-corrected chi connectivity index (χ3v) is 4.71. The van der Waals surface area contributed by atoms with E-state index >= 15 is 0 Å². The SMILES string of the molecule is CN=C(NCCc1cccc(C(=O)N(C)C)c1)N(C)Cc1ccc(Br)cc1.I. The number of hydrogen-bond acceptors (Lipinski definition) is 2. The number of carbonyl (C=O) groups excluding carboxylic acids is 1. The van der Waals surface area contributed by atoms with E-state index in [1.54, 1.807) is 26.0 Å². The number of halogens is 2. The van der Waals surface area contributed by atoms with Gasteiger partial charge in [0, 0.05) is 51.3 Å². The van der Waals surface area contributed by atoms with Crippen molar-refractivity contribution in [3.8, 4) is 0 Å². The van der Waals surface area contributed by atoms with Crippen LogP contribution < -0.4 is 5.32 Å². The molecule has 0 fully saturated rings. The maximum absolute atomic E-state index is 12.1. The zero-order valence-electron chi connectivity index (χ0n) is 16.8. The third-order valence-electron chi connectivity index (χ3n) is 4.18. The van der Waals surface area contributed by atoms with Gasteiger partial charge in [0.1, 0.15) is 0 Å². The number of amides is 1. The molecule has 0 saturated carbocycles. The molecule has 1 N–H and O–H groups in total. The summed E-state index contributed by atoms with van der Waals surface area (Å²) in [6, 6.07) is 16.1. The predicted molar refractivity (Wildman–Crippen MR) is 131 cm³/mol. The number of rotatable bonds is 6. The van der Waals surface area contributed by atoms with Crippen LogP contribution in [0.5, 0.6) is 0 Å². The molecule has 0 bridgehead atoms. The highest BCUT2D eigenvalue weighted by atomic mass is 127. The first-order chi connectivity index (χ1) is 12.9. The monoisotopic (exact) mass is 558 g/mol. The zero-order chi connectivity index (χ0) is 19.8. The second-order valence-electron chi connectivity index (χ2n) is 6.61. The van der Waals surface area contributed by atoms with Crippen LogP contribution in [0.25, 0.3) is 0 Å². The molecule has 1 amide bonds. The molecule has 7 heteroatoms. The molecule has 0 unspecified atom stereocenters. The smallest absolute Gasteiger partial charge is 0.253 e. The quantitative estimate of drug-likeness (QED) is 0.331. The summed E-state index contributed by atoms with van der Waals surface area (Å²) in [6.07, 6.45) is 0.819. The van der Waals surface area contributed by atoms with E-state index in [1.165, 1.54) is 5.56 Å². The fourth-order valence-electron chi connectivity index (χ4n) is 2.76. The van der Waals surface area contributed by atoms with Gasteiger partial charge in [0.2, 0.25) is 0 Å². The van der Waals surface area contributed by atoms with Crippen molar-refractivity contribution in [1.29, 1.82) is 0 Å². The Morgan fingerprint density at radius 1 is 1.07 bits per heavy atom. The van der Waals surface area contributed by atoms with Gasteiger partial charge in [-0.25, -0.2) is 0 Å². The van der Waals surface area contributed by atoms with Gasteiger partial charge in [-0.2, -0.15) is 0 Å². The Morgan fingerprint density at radius 3 is 2.36 bits per heavy atom. The lowest BCUT2D eigenvalue weighted by molar-refractivity contribution is 0.0827. The number of hydrogen-bond donors (Lipinski definition) is 1. The van der Waals surface area contributed by atoms with E-state index in [4.69, 9.17) is 0 Å². The van der Waals surface area contributed by atoms with Crippen LogP contribution >= 0.6 is 39.9 Å². The number of guanidine groups is 1. The lowest BCUT2D eigenvalue weighted by atomic mass is 10.1. The van der Waals surface area contributed by atoms with E-state index in [1.807, 2.05) is 43.4 Å². The third kappa shape index (κ3) is 7.43. The van der Waals surface area contributed by atoms with Crippen LogP contribution in [-0.2, 0) is 13.0 Å². The average molecular weight is 559 g/mol. The summed E-state index contributed by atoms with van der Waals surface area (Å²) in [6.45, 7) is 1.52. The summed E-state index contributed by atoms with van der Waals surface area (Å²) < 4.78 is 1.08. The Bertz CT molecular complexity index is 793. The second kappa shape index (κ2) is 12.1. The second-order valence-corrected chi connectivity index (χ2v) is 7.52. The number of carbonyl (C=O) groups is 1. The Labute approximate surface area is 193 Å². The Hall–Kier alpha value is -1.61. The van der Waals surface area contributed by atoms with Crippen molar-refractivity contribution < 1.29 is 4.79 Å². The average Bonchev–Trinajstić information content (AvgIpc) is 2.66. The summed E-state index contributed by atoms with van der Waals surface area (Å²) in [5.74, 6) is 0.869. The van der Waals surface area contributed by atoms with E-state index in [0.29, 0.717) is 5.56 Å². The lowest BCUT2D eigenvalue weighted by Crippen LogP contribution is -2.39. The molecule has 0 aromatic heterocycles. The molecule has 0 heterocycles. The Balaban J connectivity index is 0.00000392. The van der Waals surface area contributed by atoms with Gasteiger partial charge in [-0.1, -0.05) is 40.2 Å². The van der Waals surface area contributed by atoms with Gasteiger partial charge in [0.25, 0.3) is 5.91 Å². The van der Waals surface area contributed by atoms with E-state index in [2.05, 4.69) is 43.3 Å². The molecule has 0 aliphatic carbocycles. The number of benzene rings is 2. The summed E-state index contributed by atoms with van der Waals surface area (Å²) in [5.41, 5.74) is 3.06. The van der Waals surface area contributed by atoms with Crippen LogP contribution in [0.2, 0.25) is 0 Å². The van der Waals surface area contributed by atoms with Gasteiger partial charge in [0.15, 0.2) is 5.96 Å². The molecule has 5 nitrogen and oxygen atoms in total. The highest BCUT2D eigenvalue weighted by molar-refractivity contribution is 14.0. The number of nitrogens with zero attached hydrogens (tertiary/aromatic N) is 3. The minimum Gasteiger partial charge on any atom is -0.356 e. The molecular weight excluding hydrogens is 531 g/mol. The van der Waals surface area contributed by atoms with Crippen molar-refractivity contribution in [2.75, 3.05) is 34.7 Å². The van der Waals surface area contributed by atoms with Crippen molar-refractivity contribution in [2.45, 2.75) is 13.0 Å². The lowest BCUT2D eigenvalue weighted by Gasteiger charge is -2.22. The van der Waals surface area contributed by atoms with Crippen LogP contribution in [0.4, 0.5) is 0 Å².